The number of carbonyl (C=O) groups excluding carboxylic acids is 3. The molecule has 0 aliphatic carbocycles. The Kier molecular flexibility index (Phi) is 54.4. The van der Waals surface area contributed by atoms with E-state index in [0.717, 1.165) is 69.6 Å². The van der Waals surface area contributed by atoms with Crippen LogP contribution in [0.15, 0.2) is 0 Å². The zero-order valence-electron chi connectivity index (χ0n) is 47.5. The van der Waals surface area contributed by atoms with E-state index in [4.69, 9.17) is 14.2 Å². The average molecular weight is 976 g/mol. The molecule has 0 spiro atoms. The summed E-state index contributed by atoms with van der Waals surface area (Å²) in [5.41, 5.74) is 0. The number of rotatable bonds is 57. The Morgan fingerprint density at radius 2 is 0.551 bits per heavy atom. The lowest BCUT2D eigenvalue weighted by molar-refractivity contribution is -0.167. The van der Waals surface area contributed by atoms with Crippen LogP contribution >= 0.6 is 0 Å². The molecular formula is C63H122O6. The predicted octanol–water partition coefficient (Wildman–Crippen LogP) is 20.8. The van der Waals surface area contributed by atoms with Gasteiger partial charge < -0.3 is 14.2 Å². The second kappa shape index (κ2) is 55.7. The molecule has 69 heavy (non-hydrogen) atoms. The number of esters is 3. The van der Waals surface area contributed by atoms with E-state index in [-0.39, 0.29) is 31.1 Å². The Labute approximate surface area is 431 Å². The number of unbranched alkanes of at least 4 members (excludes halogenated alkanes) is 41. The highest BCUT2D eigenvalue weighted by molar-refractivity contribution is 5.71. The van der Waals surface area contributed by atoms with Crippen molar-refractivity contribution in [1.82, 2.24) is 0 Å². The molecule has 1 unspecified atom stereocenters. The highest BCUT2D eigenvalue weighted by Crippen LogP contribution is 2.19. The van der Waals surface area contributed by atoms with Crippen molar-refractivity contribution in [2.75, 3.05) is 13.2 Å². The third-order valence-corrected chi connectivity index (χ3v) is 14.8. The van der Waals surface area contributed by atoms with Gasteiger partial charge in [0.2, 0.25) is 0 Å². The van der Waals surface area contributed by atoms with E-state index in [2.05, 4.69) is 34.6 Å². The molecule has 410 valence electrons. The normalized spacial score (nSPS) is 12.4. The van der Waals surface area contributed by atoms with Crippen molar-refractivity contribution in [2.45, 2.75) is 362 Å². The van der Waals surface area contributed by atoms with Crippen molar-refractivity contribution in [2.24, 2.45) is 11.8 Å². The lowest BCUT2D eigenvalue weighted by Crippen LogP contribution is -2.30. The largest absolute Gasteiger partial charge is 0.462 e. The fourth-order valence-corrected chi connectivity index (χ4v) is 9.73. The maximum atomic E-state index is 12.9. The van der Waals surface area contributed by atoms with E-state index in [1.54, 1.807) is 0 Å². The topological polar surface area (TPSA) is 78.9 Å². The highest BCUT2D eigenvalue weighted by Gasteiger charge is 2.19. The minimum atomic E-state index is -0.764. The molecule has 0 bridgehead atoms. The standard InChI is InChI=1S/C63H122O6/c1-6-8-9-10-11-12-13-14-15-16-17-21-24-27-30-33-38-43-48-53-61(64)67-56-60(57-68-62(65)54-49-44-40-35-36-41-46-51-58(3)4)69-63(66)55-50-45-39-34-31-28-25-22-19-18-20-23-26-29-32-37-42-47-52-59(5)7-2/h58-60H,6-57H2,1-5H3/t59?,60-/m0/s1. The first-order valence-corrected chi connectivity index (χ1v) is 31.3. The minimum absolute atomic E-state index is 0.0629. The summed E-state index contributed by atoms with van der Waals surface area (Å²) in [5.74, 6) is 0.852. The fraction of sp³-hybridized carbons (Fsp3) is 0.952. The van der Waals surface area contributed by atoms with E-state index >= 15 is 0 Å². The van der Waals surface area contributed by atoms with Gasteiger partial charge in [-0.15, -0.1) is 0 Å². The molecule has 0 aromatic rings. The SMILES string of the molecule is CCCCCCCCCCCCCCCCCCCCCC(=O)OC[C@@H](COC(=O)CCCCCCCCCC(C)C)OC(=O)CCCCCCCCCCCCCCCCCCCCC(C)CC. The monoisotopic (exact) mass is 975 g/mol. The Balaban J connectivity index is 4.19. The minimum Gasteiger partial charge on any atom is -0.462 e. The first-order chi connectivity index (χ1) is 33.8. The number of hydrogen-bond donors (Lipinski definition) is 0. The van der Waals surface area contributed by atoms with E-state index in [1.807, 2.05) is 0 Å². The molecular weight excluding hydrogens is 853 g/mol. The zero-order chi connectivity index (χ0) is 50.4. The van der Waals surface area contributed by atoms with Crippen LogP contribution in [0.2, 0.25) is 0 Å². The number of carbonyl (C=O) groups is 3. The van der Waals surface area contributed by atoms with Gasteiger partial charge >= 0.3 is 17.9 Å². The van der Waals surface area contributed by atoms with Gasteiger partial charge in [-0.2, -0.15) is 0 Å². The van der Waals surface area contributed by atoms with Crippen LogP contribution in [0.4, 0.5) is 0 Å². The van der Waals surface area contributed by atoms with Gasteiger partial charge in [0.15, 0.2) is 6.10 Å². The van der Waals surface area contributed by atoms with Gasteiger partial charge in [-0.3, -0.25) is 14.4 Å². The summed E-state index contributed by atoms with van der Waals surface area (Å²) in [7, 11) is 0. The van der Waals surface area contributed by atoms with Crippen LogP contribution in [0.25, 0.3) is 0 Å². The predicted molar refractivity (Wildman–Crippen MR) is 298 cm³/mol. The average Bonchev–Trinajstić information content (AvgIpc) is 3.34. The van der Waals surface area contributed by atoms with Crippen LogP contribution in [-0.4, -0.2) is 37.2 Å². The molecule has 0 N–H and O–H groups in total. The first kappa shape index (κ1) is 67.4. The number of ether oxygens (including phenoxy) is 3. The quantitative estimate of drug-likeness (QED) is 0.0343. The molecule has 0 rings (SSSR count). The first-order valence-electron chi connectivity index (χ1n) is 31.3. The van der Waals surface area contributed by atoms with Crippen molar-refractivity contribution in [3.8, 4) is 0 Å². The van der Waals surface area contributed by atoms with Gasteiger partial charge in [0.25, 0.3) is 0 Å². The van der Waals surface area contributed by atoms with Crippen molar-refractivity contribution < 1.29 is 28.6 Å². The summed E-state index contributed by atoms with van der Waals surface area (Å²) in [4.78, 5) is 38.2. The third-order valence-electron chi connectivity index (χ3n) is 14.8. The molecule has 0 aliphatic rings. The molecule has 0 heterocycles. The molecule has 0 radical (unpaired) electrons. The Morgan fingerprint density at radius 3 is 0.826 bits per heavy atom. The van der Waals surface area contributed by atoms with Crippen LogP contribution in [0.1, 0.15) is 356 Å². The molecule has 0 aromatic carbocycles. The second-order valence-corrected chi connectivity index (χ2v) is 22.4. The molecule has 0 saturated carbocycles. The van der Waals surface area contributed by atoms with Crippen LogP contribution in [0.3, 0.4) is 0 Å². The third kappa shape index (κ3) is 55.6. The Bertz CT molecular complexity index is 1060. The van der Waals surface area contributed by atoms with Crippen molar-refractivity contribution in [3.63, 3.8) is 0 Å². The molecule has 0 aromatic heterocycles. The highest BCUT2D eigenvalue weighted by atomic mass is 16.6. The van der Waals surface area contributed by atoms with Crippen molar-refractivity contribution >= 4 is 17.9 Å². The van der Waals surface area contributed by atoms with Crippen molar-refractivity contribution in [3.05, 3.63) is 0 Å². The van der Waals surface area contributed by atoms with Crippen LogP contribution in [-0.2, 0) is 28.6 Å². The molecule has 6 heteroatoms. The van der Waals surface area contributed by atoms with Gasteiger partial charge in [0.1, 0.15) is 13.2 Å². The van der Waals surface area contributed by atoms with Crippen LogP contribution < -0.4 is 0 Å². The van der Waals surface area contributed by atoms with Gasteiger partial charge in [-0.1, -0.05) is 317 Å². The summed E-state index contributed by atoms with van der Waals surface area (Å²) in [6, 6.07) is 0. The summed E-state index contributed by atoms with van der Waals surface area (Å²) in [6.45, 7) is 11.4. The van der Waals surface area contributed by atoms with E-state index < -0.39 is 6.10 Å². The smallest absolute Gasteiger partial charge is 0.306 e. The Hall–Kier alpha value is -1.59. The molecule has 0 saturated heterocycles. The molecule has 0 fully saturated rings. The maximum Gasteiger partial charge on any atom is 0.306 e. The summed E-state index contributed by atoms with van der Waals surface area (Å²) < 4.78 is 16.9. The van der Waals surface area contributed by atoms with Crippen LogP contribution in [0.5, 0.6) is 0 Å². The summed E-state index contributed by atoms with van der Waals surface area (Å²) >= 11 is 0. The molecule has 0 amide bonds. The lowest BCUT2D eigenvalue weighted by Gasteiger charge is -2.18. The number of hydrogen-bond acceptors (Lipinski definition) is 6. The molecule has 6 nitrogen and oxygen atoms in total. The van der Waals surface area contributed by atoms with Gasteiger partial charge in [0.05, 0.1) is 0 Å². The fourth-order valence-electron chi connectivity index (χ4n) is 9.73. The molecule has 2 atom stereocenters. The zero-order valence-corrected chi connectivity index (χ0v) is 47.5. The van der Waals surface area contributed by atoms with E-state index in [9.17, 15) is 14.4 Å². The molecule has 0 aliphatic heterocycles. The summed E-state index contributed by atoms with van der Waals surface area (Å²) in [5, 5.41) is 0. The van der Waals surface area contributed by atoms with Crippen LogP contribution in [0, 0.1) is 11.8 Å². The lowest BCUT2D eigenvalue weighted by atomic mass is 9.99. The maximum absolute atomic E-state index is 12.9. The summed E-state index contributed by atoms with van der Waals surface area (Å²) in [6.07, 6.45) is 61.1. The van der Waals surface area contributed by atoms with E-state index in [0.29, 0.717) is 19.3 Å². The second-order valence-electron chi connectivity index (χ2n) is 22.4. The van der Waals surface area contributed by atoms with Gasteiger partial charge in [-0.25, -0.2) is 0 Å². The van der Waals surface area contributed by atoms with E-state index in [1.165, 1.54) is 244 Å². The van der Waals surface area contributed by atoms with Gasteiger partial charge in [-0.05, 0) is 31.1 Å². The van der Waals surface area contributed by atoms with Crippen molar-refractivity contribution in [1.29, 1.82) is 0 Å². The Morgan fingerprint density at radius 1 is 0.304 bits per heavy atom. The van der Waals surface area contributed by atoms with Gasteiger partial charge in [0, 0.05) is 19.3 Å².